The van der Waals surface area contributed by atoms with Crippen LogP contribution in [-0.4, -0.2) is 28.9 Å². The van der Waals surface area contributed by atoms with Crippen LogP contribution < -0.4 is 11.5 Å². The number of rotatable bonds is 6. The lowest BCUT2D eigenvalue weighted by atomic mass is 10.0. The highest BCUT2D eigenvalue weighted by Gasteiger charge is 2.13. The Morgan fingerprint density at radius 3 is 2.08 bits per heavy atom. The Labute approximate surface area is 77.1 Å². The van der Waals surface area contributed by atoms with Crippen molar-refractivity contribution in [3.8, 4) is 0 Å². The monoisotopic (exact) mass is 188 g/mol. The predicted molar refractivity (Wildman–Crippen MR) is 48.1 cm³/mol. The summed E-state index contributed by atoms with van der Waals surface area (Å²) in [5.74, 6) is -1.10. The molecule has 5 heteroatoms. The highest BCUT2D eigenvalue weighted by atomic mass is 16.4. The van der Waals surface area contributed by atoms with Gasteiger partial charge < -0.3 is 16.6 Å². The van der Waals surface area contributed by atoms with Gasteiger partial charge >= 0.3 is 5.97 Å². The molecule has 0 heterocycles. The predicted octanol–water partition coefficient (Wildman–Crippen LogP) is -0.515. The molecule has 0 saturated carbocycles. The van der Waals surface area contributed by atoms with Gasteiger partial charge in [0, 0.05) is 0 Å². The average molecular weight is 188 g/mol. The molecule has 5 N–H and O–H groups in total. The Hall–Kier alpha value is -0.940. The second-order valence-corrected chi connectivity index (χ2v) is 3.09. The first-order valence-corrected chi connectivity index (χ1v) is 4.19. The molecule has 76 valence electrons. The molecule has 0 unspecified atom stereocenters. The molecule has 0 spiro atoms. The van der Waals surface area contributed by atoms with Crippen molar-refractivity contribution in [2.24, 2.45) is 11.5 Å². The van der Waals surface area contributed by atoms with Gasteiger partial charge in [-0.05, 0) is 26.2 Å². The molecule has 0 radical (unpaired) electrons. The number of carbonyl (C=O) groups excluding carboxylic acids is 1. The van der Waals surface area contributed by atoms with Crippen LogP contribution in [0.4, 0.5) is 0 Å². The first-order valence-electron chi connectivity index (χ1n) is 4.19. The molecule has 0 saturated heterocycles. The van der Waals surface area contributed by atoms with Crippen molar-refractivity contribution in [3.05, 3.63) is 0 Å². The number of nitrogens with two attached hydrogens (primary N) is 2. The smallest absolute Gasteiger partial charge is 0.320 e. The summed E-state index contributed by atoms with van der Waals surface area (Å²) >= 11 is 0. The summed E-state index contributed by atoms with van der Waals surface area (Å²) in [7, 11) is 0. The number of carboxylic acid groups (broad SMARTS) is 1. The van der Waals surface area contributed by atoms with Gasteiger partial charge in [-0.1, -0.05) is 0 Å². The molecule has 0 aromatic rings. The first kappa shape index (κ1) is 12.1. The van der Waals surface area contributed by atoms with Gasteiger partial charge in [-0.2, -0.15) is 0 Å². The molecule has 13 heavy (non-hydrogen) atoms. The van der Waals surface area contributed by atoms with Crippen molar-refractivity contribution in [2.75, 3.05) is 0 Å². The van der Waals surface area contributed by atoms with Crippen LogP contribution in [0.25, 0.3) is 0 Å². The van der Waals surface area contributed by atoms with E-state index in [9.17, 15) is 9.59 Å². The zero-order valence-corrected chi connectivity index (χ0v) is 7.69. The minimum Gasteiger partial charge on any atom is -0.480 e. The van der Waals surface area contributed by atoms with E-state index < -0.39 is 18.1 Å². The Morgan fingerprint density at radius 1 is 1.23 bits per heavy atom. The number of Topliss-reactive ketones (excluding diaryl/α,β-unsaturated/α-hetero) is 1. The van der Waals surface area contributed by atoms with Crippen LogP contribution in [0.15, 0.2) is 0 Å². The van der Waals surface area contributed by atoms with Crippen LogP contribution in [0.2, 0.25) is 0 Å². The lowest BCUT2D eigenvalue weighted by molar-refractivity contribution is -0.138. The maximum atomic E-state index is 10.7. The van der Waals surface area contributed by atoms with Crippen molar-refractivity contribution in [1.29, 1.82) is 0 Å². The molecule has 0 aromatic heterocycles. The van der Waals surface area contributed by atoms with E-state index in [0.29, 0.717) is 19.3 Å². The lowest BCUT2D eigenvalue weighted by Gasteiger charge is -2.08. The molecule has 2 atom stereocenters. The van der Waals surface area contributed by atoms with Crippen molar-refractivity contribution >= 4 is 11.8 Å². The number of carbonyl (C=O) groups is 2. The van der Waals surface area contributed by atoms with Gasteiger partial charge in [0.05, 0.1) is 6.04 Å². The fraction of sp³-hybridized carbons (Fsp3) is 0.750. The Balaban J connectivity index is 3.56. The van der Waals surface area contributed by atoms with Crippen LogP contribution in [0.3, 0.4) is 0 Å². The second-order valence-electron chi connectivity index (χ2n) is 3.09. The third-order valence-electron chi connectivity index (χ3n) is 1.87. The third-order valence-corrected chi connectivity index (χ3v) is 1.87. The molecule has 0 aliphatic heterocycles. The molecule has 0 aliphatic carbocycles. The average Bonchev–Trinajstić information content (AvgIpc) is 2.03. The van der Waals surface area contributed by atoms with Gasteiger partial charge in [-0.3, -0.25) is 9.59 Å². The van der Waals surface area contributed by atoms with Gasteiger partial charge in [-0.25, -0.2) is 0 Å². The first-order chi connectivity index (χ1) is 5.95. The number of hydrogen-bond donors (Lipinski definition) is 3. The summed E-state index contributed by atoms with van der Waals surface area (Å²) in [6.07, 6.45) is 1.42. The molecule has 0 aliphatic rings. The largest absolute Gasteiger partial charge is 0.480 e. The molecular formula is C8H16N2O3. The number of aliphatic carboxylic acids is 1. The fourth-order valence-electron chi connectivity index (χ4n) is 0.884. The van der Waals surface area contributed by atoms with E-state index in [4.69, 9.17) is 16.6 Å². The van der Waals surface area contributed by atoms with E-state index >= 15 is 0 Å². The van der Waals surface area contributed by atoms with E-state index in [1.54, 1.807) is 0 Å². The van der Waals surface area contributed by atoms with Gasteiger partial charge in [-0.15, -0.1) is 0 Å². The highest BCUT2D eigenvalue weighted by molar-refractivity contribution is 5.81. The van der Waals surface area contributed by atoms with Crippen molar-refractivity contribution in [2.45, 2.75) is 38.3 Å². The number of carboxylic acids is 1. The minimum absolute atomic E-state index is 0.0797. The third kappa shape index (κ3) is 5.32. The molecule has 0 bridgehead atoms. The summed E-state index contributed by atoms with van der Waals surface area (Å²) in [5, 5.41) is 8.43. The van der Waals surface area contributed by atoms with Crippen molar-refractivity contribution < 1.29 is 14.7 Å². The van der Waals surface area contributed by atoms with Crippen LogP contribution in [-0.2, 0) is 9.59 Å². The molecule has 0 rings (SSSR count). The minimum atomic E-state index is -1.02. The zero-order chi connectivity index (χ0) is 10.4. The standard InChI is InChI=1S/C8H16N2O3/c1-5(11)6(9)3-2-4-7(10)8(12)13/h6-7H,2-4,9-10H2,1H3,(H,12,13)/t6-,7+/m1/s1. The van der Waals surface area contributed by atoms with Gasteiger partial charge in [0.25, 0.3) is 0 Å². The second kappa shape index (κ2) is 5.66. The zero-order valence-electron chi connectivity index (χ0n) is 7.69. The van der Waals surface area contributed by atoms with E-state index in [0.717, 1.165) is 0 Å². The van der Waals surface area contributed by atoms with Crippen molar-refractivity contribution in [3.63, 3.8) is 0 Å². The van der Waals surface area contributed by atoms with Gasteiger partial charge in [0.2, 0.25) is 0 Å². The molecule has 5 nitrogen and oxygen atoms in total. The molecule has 0 fully saturated rings. The summed E-state index contributed by atoms with van der Waals surface area (Å²) < 4.78 is 0. The van der Waals surface area contributed by atoms with Crippen LogP contribution >= 0.6 is 0 Å². The quantitative estimate of drug-likeness (QED) is 0.520. The summed E-state index contributed by atoms with van der Waals surface area (Å²) in [6, 6.07) is -1.33. The molecular weight excluding hydrogens is 172 g/mol. The van der Waals surface area contributed by atoms with Gasteiger partial charge in [0.1, 0.15) is 11.8 Å². The highest BCUT2D eigenvalue weighted by Crippen LogP contribution is 2.02. The molecule has 0 amide bonds. The normalized spacial score (nSPS) is 15.0. The van der Waals surface area contributed by atoms with E-state index in [2.05, 4.69) is 0 Å². The van der Waals surface area contributed by atoms with E-state index in [1.165, 1.54) is 6.92 Å². The summed E-state index contributed by atoms with van der Waals surface area (Å²) in [4.78, 5) is 21.0. The van der Waals surface area contributed by atoms with Crippen LogP contribution in [0, 0.1) is 0 Å². The Morgan fingerprint density at radius 2 is 1.69 bits per heavy atom. The Bertz CT molecular complexity index is 174. The molecule has 0 aromatic carbocycles. The SMILES string of the molecule is CC(=O)[C@H](N)CCC[C@H](N)C(=O)O. The maximum Gasteiger partial charge on any atom is 0.320 e. The van der Waals surface area contributed by atoms with Crippen molar-refractivity contribution in [1.82, 2.24) is 0 Å². The Kier molecular flexibility index (Phi) is 5.25. The van der Waals surface area contributed by atoms with E-state index in [1.807, 2.05) is 0 Å². The van der Waals surface area contributed by atoms with E-state index in [-0.39, 0.29) is 5.78 Å². The number of ketones is 1. The summed E-state index contributed by atoms with van der Waals surface area (Å²) in [5.41, 5.74) is 10.7. The summed E-state index contributed by atoms with van der Waals surface area (Å²) in [6.45, 7) is 1.42. The van der Waals surface area contributed by atoms with Crippen LogP contribution in [0.1, 0.15) is 26.2 Å². The number of hydrogen-bond acceptors (Lipinski definition) is 4. The van der Waals surface area contributed by atoms with Gasteiger partial charge in [0.15, 0.2) is 0 Å². The lowest BCUT2D eigenvalue weighted by Crippen LogP contribution is -2.32. The van der Waals surface area contributed by atoms with Crippen LogP contribution in [0.5, 0.6) is 0 Å². The fourth-order valence-corrected chi connectivity index (χ4v) is 0.884. The topological polar surface area (TPSA) is 106 Å². The maximum absolute atomic E-state index is 10.7.